The van der Waals surface area contributed by atoms with Gasteiger partial charge in [-0.2, -0.15) is 25.3 Å². The van der Waals surface area contributed by atoms with Gasteiger partial charge < -0.3 is 16.6 Å². The molecule has 0 spiro atoms. The second-order valence-corrected chi connectivity index (χ2v) is 9.39. The van der Waals surface area contributed by atoms with E-state index >= 15 is 0 Å². The number of rotatable bonds is 4. The van der Waals surface area contributed by atoms with Gasteiger partial charge in [-0.1, -0.05) is 0 Å². The van der Waals surface area contributed by atoms with Crippen LogP contribution in [0.5, 0.6) is 0 Å². The first kappa shape index (κ1) is 24.3. The summed E-state index contributed by atoms with van der Waals surface area (Å²) in [7, 11) is -13.5. The van der Waals surface area contributed by atoms with E-state index in [4.69, 9.17) is 30.2 Å². The highest BCUT2D eigenvalue weighted by molar-refractivity contribution is 7.86. The highest BCUT2D eigenvalue weighted by Gasteiger charge is 2.20. The molecule has 0 atom stereocenters. The normalized spacial score (nSPS) is 12.0. The van der Waals surface area contributed by atoms with E-state index < -0.39 is 62.3 Å². The van der Waals surface area contributed by atoms with Gasteiger partial charge in [0.2, 0.25) is 0 Å². The summed E-state index contributed by atoms with van der Waals surface area (Å²) in [4.78, 5) is 8.76. The summed E-state index contributed by atoms with van der Waals surface area (Å²) in [6.45, 7) is 0. The van der Waals surface area contributed by atoms with Crippen LogP contribution < -0.4 is 11.5 Å². The molecule has 160 valence electrons. The first-order valence-electron chi connectivity index (χ1n) is 6.89. The van der Waals surface area contributed by atoms with Crippen molar-refractivity contribution >= 4 is 47.7 Å². The van der Waals surface area contributed by atoms with E-state index in [-0.39, 0.29) is 5.69 Å². The molecule has 0 heterocycles. The maximum absolute atomic E-state index is 10.7. The van der Waals surface area contributed by atoms with Gasteiger partial charge in [-0.05, 0) is 36.4 Å². The van der Waals surface area contributed by atoms with Crippen molar-refractivity contribution < 1.29 is 48.8 Å². The molecule has 0 aliphatic rings. The number of carboxylic acids is 1. The van der Waals surface area contributed by atoms with Crippen molar-refractivity contribution in [3.8, 4) is 0 Å². The molecule has 8 N–H and O–H groups in total. The SMILES string of the molecule is Nc1cc(S(=O)(=O)O)ccc1S(=O)(=O)O.Nc1ccc(S(=O)(=O)O)c(C(=O)O)c1. The fourth-order valence-corrected chi connectivity index (χ4v) is 3.64. The summed E-state index contributed by atoms with van der Waals surface area (Å²) < 4.78 is 90.0. The number of nitrogens with two attached hydrogens (primary N) is 2. The molecule has 0 unspecified atom stereocenters. The third-order valence-corrected chi connectivity index (χ3v) is 5.76. The van der Waals surface area contributed by atoms with E-state index in [0.29, 0.717) is 0 Å². The van der Waals surface area contributed by atoms with Crippen LogP contribution in [-0.4, -0.2) is 50.0 Å². The van der Waals surface area contributed by atoms with Gasteiger partial charge in [0.05, 0.1) is 16.1 Å². The number of carbonyl (C=O) groups is 1. The van der Waals surface area contributed by atoms with Gasteiger partial charge in [-0.3, -0.25) is 13.7 Å². The summed E-state index contributed by atoms with van der Waals surface area (Å²) in [6.07, 6.45) is 0. The zero-order chi connectivity index (χ0) is 22.8. The van der Waals surface area contributed by atoms with E-state index in [0.717, 1.165) is 30.3 Å². The zero-order valence-corrected chi connectivity index (χ0v) is 16.4. The molecule has 0 bridgehead atoms. The molecule has 0 aromatic heterocycles. The lowest BCUT2D eigenvalue weighted by Gasteiger charge is -2.03. The Kier molecular flexibility index (Phi) is 6.96. The molecular weight excluding hydrogens is 456 g/mol. The van der Waals surface area contributed by atoms with Crippen molar-refractivity contribution in [1.29, 1.82) is 0 Å². The molecule has 16 heteroatoms. The van der Waals surface area contributed by atoms with Crippen LogP contribution in [0.1, 0.15) is 10.4 Å². The average molecular weight is 470 g/mol. The molecule has 0 saturated heterocycles. The molecule has 0 saturated carbocycles. The number of nitrogen functional groups attached to an aromatic ring is 2. The number of aromatic carboxylic acids is 1. The van der Waals surface area contributed by atoms with Crippen LogP contribution in [0.25, 0.3) is 0 Å². The lowest BCUT2D eigenvalue weighted by atomic mass is 10.2. The summed E-state index contributed by atoms with van der Waals surface area (Å²) >= 11 is 0. The summed E-state index contributed by atoms with van der Waals surface area (Å²) in [6, 6.07) is 5.43. The van der Waals surface area contributed by atoms with Crippen LogP contribution in [0.15, 0.2) is 51.1 Å². The standard InChI is InChI=1S/C7H7NO5S.C6H7NO6S2/c8-4-1-2-6(14(11,12)13)5(3-4)7(9)10;7-5-3-4(14(8,9)10)1-2-6(5)15(11,12)13/h1-3H,8H2,(H,9,10)(H,11,12,13);1-3H,7H2,(H,8,9,10)(H,11,12,13). The predicted molar refractivity (Wildman–Crippen MR) is 98.1 cm³/mol. The first-order chi connectivity index (χ1) is 12.9. The molecule has 2 rings (SSSR count). The fraction of sp³-hybridized carbons (Fsp3) is 0. The largest absolute Gasteiger partial charge is 0.478 e. The third kappa shape index (κ3) is 6.66. The molecule has 2 aromatic carbocycles. The van der Waals surface area contributed by atoms with E-state index in [2.05, 4.69) is 0 Å². The minimum Gasteiger partial charge on any atom is -0.478 e. The molecule has 13 nitrogen and oxygen atoms in total. The molecule has 29 heavy (non-hydrogen) atoms. The second-order valence-electron chi connectivity index (χ2n) is 5.19. The minimum atomic E-state index is -4.53. The summed E-state index contributed by atoms with van der Waals surface area (Å²) in [5.41, 5.74) is 9.55. The minimum absolute atomic E-state index is 0.106. The number of benzene rings is 2. The van der Waals surface area contributed by atoms with Crippen molar-refractivity contribution in [2.75, 3.05) is 11.5 Å². The van der Waals surface area contributed by atoms with Crippen LogP contribution in [0.4, 0.5) is 11.4 Å². The molecule has 0 aliphatic carbocycles. The van der Waals surface area contributed by atoms with Gasteiger partial charge in [0, 0.05) is 5.69 Å². The van der Waals surface area contributed by atoms with Crippen LogP contribution in [-0.2, 0) is 30.4 Å². The Morgan fingerprint density at radius 2 is 1.21 bits per heavy atom. The maximum Gasteiger partial charge on any atom is 0.337 e. The Labute approximate surface area is 164 Å². The number of carboxylic acid groups (broad SMARTS) is 1. The van der Waals surface area contributed by atoms with Crippen molar-refractivity contribution in [3.05, 3.63) is 42.0 Å². The Morgan fingerprint density at radius 1 is 0.724 bits per heavy atom. The van der Waals surface area contributed by atoms with Crippen molar-refractivity contribution in [1.82, 2.24) is 0 Å². The quantitative estimate of drug-likeness (QED) is 0.254. The van der Waals surface area contributed by atoms with Gasteiger partial charge in [0.1, 0.15) is 9.79 Å². The molecule has 2 aromatic rings. The molecule has 0 aliphatic heterocycles. The van der Waals surface area contributed by atoms with Gasteiger partial charge >= 0.3 is 5.97 Å². The first-order valence-corrected chi connectivity index (χ1v) is 11.2. The highest BCUT2D eigenvalue weighted by atomic mass is 32.2. The maximum atomic E-state index is 10.7. The molecule has 0 amide bonds. The average Bonchev–Trinajstić information content (AvgIpc) is 2.52. The summed E-state index contributed by atoms with van der Waals surface area (Å²) in [5.74, 6) is -1.47. The van der Waals surface area contributed by atoms with Crippen LogP contribution in [0.3, 0.4) is 0 Å². The van der Waals surface area contributed by atoms with Crippen molar-refractivity contribution in [2.45, 2.75) is 14.7 Å². The van der Waals surface area contributed by atoms with E-state index in [1.165, 1.54) is 6.07 Å². The van der Waals surface area contributed by atoms with E-state index in [1.54, 1.807) is 0 Å². The zero-order valence-electron chi connectivity index (χ0n) is 14.0. The smallest absolute Gasteiger partial charge is 0.337 e. The fourth-order valence-electron chi connectivity index (χ4n) is 1.86. The lowest BCUT2D eigenvalue weighted by Crippen LogP contribution is -2.08. The van der Waals surface area contributed by atoms with Gasteiger partial charge in [-0.25, -0.2) is 4.79 Å². The lowest BCUT2D eigenvalue weighted by molar-refractivity contribution is 0.0692. The van der Waals surface area contributed by atoms with Crippen LogP contribution in [0, 0.1) is 0 Å². The Bertz CT molecular complexity index is 1270. The number of anilines is 2. The molecular formula is C13H14N2O11S3. The molecule has 0 fully saturated rings. The van der Waals surface area contributed by atoms with Crippen molar-refractivity contribution in [2.24, 2.45) is 0 Å². The van der Waals surface area contributed by atoms with Gasteiger partial charge in [0.25, 0.3) is 30.4 Å². The Balaban J connectivity index is 0.000000291. The van der Waals surface area contributed by atoms with E-state index in [9.17, 15) is 30.0 Å². The number of hydrogen-bond donors (Lipinski definition) is 6. The third-order valence-electron chi connectivity index (χ3n) is 3.07. The van der Waals surface area contributed by atoms with Crippen LogP contribution in [0.2, 0.25) is 0 Å². The Hall–Kier alpha value is -2.76. The van der Waals surface area contributed by atoms with Crippen LogP contribution >= 0.6 is 0 Å². The number of hydrogen-bond acceptors (Lipinski definition) is 9. The molecule has 0 radical (unpaired) electrons. The monoisotopic (exact) mass is 470 g/mol. The van der Waals surface area contributed by atoms with Gasteiger partial charge in [-0.15, -0.1) is 0 Å². The topological polar surface area (TPSA) is 252 Å². The Morgan fingerprint density at radius 3 is 1.59 bits per heavy atom. The summed E-state index contributed by atoms with van der Waals surface area (Å²) in [5, 5.41) is 8.62. The van der Waals surface area contributed by atoms with Crippen molar-refractivity contribution in [3.63, 3.8) is 0 Å². The predicted octanol–water partition coefficient (Wildman–Crippen LogP) is -0.0241. The van der Waals surface area contributed by atoms with Gasteiger partial charge in [0.15, 0.2) is 0 Å². The van der Waals surface area contributed by atoms with E-state index in [1.807, 2.05) is 0 Å². The second kappa shape index (κ2) is 8.31. The highest BCUT2D eigenvalue weighted by Crippen LogP contribution is 2.21.